The molecule has 0 unspecified atom stereocenters. The van der Waals surface area contributed by atoms with E-state index >= 15 is 0 Å². The normalized spacial score (nSPS) is 12.5. The number of benzene rings is 2. The molecule has 2 N–H and O–H groups in total. The molecule has 40 heavy (non-hydrogen) atoms. The van der Waals surface area contributed by atoms with Gasteiger partial charge < -0.3 is 20.1 Å². The zero-order valence-corrected chi connectivity index (χ0v) is 23.5. The summed E-state index contributed by atoms with van der Waals surface area (Å²) in [6, 6.07) is 17.0. The second-order valence-corrected chi connectivity index (χ2v) is 11.2. The highest BCUT2D eigenvalue weighted by Gasteiger charge is 2.30. The zero-order valence-electron chi connectivity index (χ0n) is 22.7. The molecule has 214 valence electrons. The number of rotatable bonds is 10. The number of hydrogen-bond donors (Lipinski definition) is 2. The van der Waals surface area contributed by atoms with Crippen LogP contribution in [0.1, 0.15) is 37.5 Å². The van der Waals surface area contributed by atoms with Crippen LogP contribution in [0.15, 0.2) is 66.9 Å². The number of carbonyl (C=O) groups excluding carboxylic acids is 1. The highest BCUT2D eigenvalue weighted by Crippen LogP contribution is 2.29. The van der Waals surface area contributed by atoms with E-state index in [-0.39, 0.29) is 5.75 Å². The summed E-state index contributed by atoms with van der Waals surface area (Å²) in [6.45, 7) is 5.58. The summed E-state index contributed by atoms with van der Waals surface area (Å²) in [4.78, 5) is 29.2. The molecule has 0 saturated carbocycles. The number of anilines is 1. The van der Waals surface area contributed by atoms with Gasteiger partial charge in [0.05, 0.1) is 5.56 Å². The highest BCUT2D eigenvalue weighted by atomic mass is 32.2. The largest absolute Gasteiger partial charge is 0.480 e. The molecule has 0 radical (unpaired) electrons. The smallest absolute Gasteiger partial charge is 0.417 e. The number of carboxylic acids is 1. The lowest BCUT2D eigenvalue weighted by atomic mass is 10.0. The van der Waals surface area contributed by atoms with Gasteiger partial charge in [-0.1, -0.05) is 42.5 Å². The Bertz CT molecular complexity index is 1290. The lowest BCUT2D eigenvalue weighted by Crippen LogP contribution is -2.44. The first kappa shape index (κ1) is 30.8. The van der Waals surface area contributed by atoms with Crippen molar-refractivity contribution in [1.82, 2.24) is 10.3 Å². The number of nitrogens with one attached hydrogen (secondary N) is 1. The van der Waals surface area contributed by atoms with Gasteiger partial charge in [-0.05, 0) is 61.2 Å². The summed E-state index contributed by atoms with van der Waals surface area (Å²) in [5.41, 5.74) is 2.44. The molecule has 1 aromatic heterocycles. The van der Waals surface area contributed by atoms with E-state index in [1.807, 2.05) is 48.5 Å². The van der Waals surface area contributed by atoms with Gasteiger partial charge in [0, 0.05) is 31.3 Å². The molecule has 3 rings (SSSR count). The first-order chi connectivity index (χ1) is 18.7. The highest BCUT2D eigenvalue weighted by molar-refractivity contribution is 7.98. The Morgan fingerprint density at radius 1 is 1.02 bits per heavy atom. The van der Waals surface area contributed by atoms with Gasteiger partial charge in [-0.15, -0.1) is 0 Å². The molecule has 7 nitrogen and oxygen atoms in total. The molecule has 0 spiro atoms. The Morgan fingerprint density at radius 3 is 2.30 bits per heavy atom. The first-order valence-corrected chi connectivity index (χ1v) is 13.6. The van der Waals surface area contributed by atoms with Gasteiger partial charge in [0.25, 0.3) is 0 Å². The van der Waals surface area contributed by atoms with Crippen molar-refractivity contribution in [2.45, 2.75) is 50.9 Å². The number of alkyl carbamates (subject to hydrolysis) is 1. The molecule has 0 aliphatic rings. The van der Waals surface area contributed by atoms with Crippen molar-refractivity contribution in [1.29, 1.82) is 0 Å². The Kier molecular flexibility index (Phi) is 10.1. The van der Waals surface area contributed by atoms with Gasteiger partial charge in [0.2, 0.25) is 0 Å². The summed E-state index contributed by atoms with van der Waals surface area (Å²) >= 11 is 1.39. The number of aromatic nitrogens is 1. The SMILES string of the molecule is CN(Cc1cccc(-c2ccc(CSC[C@H](NC(=O)OC(C)(C)C)C(=O)O)cc2)c1)c1ccc(C(F)(F)F)cn1. The van der Waals surface area contributed by atoms with Crippen molar-refractivity contribution in [3.63, 3.8) is 0 Å². The topological polar surface area (TPSA) is 91.8 Å². The van der Waals surface area contributed by atoms with Crippen LogP contribution in [0, 0.1) is 0 Å². The first-order valence-electron chi connectivity index (χ1n) is 12.4. The molecular weight excluding hydrogens is 543 g/mol. The standard InChI is InChI=1S/C29H32F3N3O4S/c1-28(2,3)39-27(38)34-24(26(36)37)18-40-17-19-8-10-21(11-9-19)22-7-5-6-20(14-22)16-35(4)25-13-12-23(15-33-25)29(30,31)32/h5-15,24H,16-18H2,1-4H3,(H,34,38)(H,36,37)/t24-/m0/s1. The predicted molar refractivity (Wildman–Crippen MR) is 150 cm³/mol. The molecule has 1 heterocycles. The fraction of sp³-hybridized carbons (Fsp3) is 0.345. The summed E-state index contributed by atoms with van der Waals surface area (Å²) in [5, 5.41) is 11.8. The van der Waals surface area contributed by atoms with Gasteiger partial charge in [-0.3, -0.25) is 0 Å². The van der Waals surface area contributed by atoms with Gasteiger partial charge in [-0.2, -0.15) is 24.9 Å². The Balaban J connectivity index is 1.57. The fourth-order valence-electron chi connectivity index (χ4n) is 3.70. The van der Waals surface area contributed by atoms with Gasteiger partial charge in [0.15, 0.2) is 0 Å². The maximum atomic E-state index is 12.8. The van der Waals surface area contributed by atoms with Crippen LogP contribution in [0.4, 0.5) is 23.8 Å². The van der Waals surface area contributed by atoms with E-state index in [0.717, 1.165) is 34.5 Å². The molecule has 11 heteroatoms. The minimum absolute atomic E-state index is 0.180. The second kappa shape index (κ2) is 13.1. The van der Waals surface area contributed by atoms with E-state index in [4.69, 9.17) is 4.74 Å². The molecule has 1 amide bonds. The minimum Gasteiger partial charge on any atom is -0.480 e. The minimum atomic E-state index is -4.42. The number of nitrogens with zero attached hydrogens (tertiary/aromatic N) is 2. The van der Waals surface area contributed by atoms with Crippen molar-refractivity contribution >= 4 is 29.6 Å². The van der Waals surface area contributed by atoms with Crippen LogP contribution >= 0.6 is 11.8 Å². The lowest BCUT2D eigenvalue weighted by Gasteiger charge is -2.21. The van der Waals surface area contributed by atoms with Gasteiger partial charge in [-0.25, -0.2) is 14.6 Å². The third-order valence-electron chi connectivity index (χ3n) is 5.64. The third-order valence-corrected chi connectivity index (χ3v) is 6.75. The van der Waals surface area contributed by atoms with Crippen LogP contribution in [0.3, 0.4) is 0 Å². The molecule has 1 atom stereocenters. The number of halogens is 3. The monoisotopic (exact) mass is 575 g/mol. The summed E-state index contributed by atoms with van der Waals surface area (Å²) < 4.78 is 43.6. The maximum Gasteiger partial charge on any atom is 0.417 e. The van der Waals surface area contributed by atoms with E-state index in [2.05, 4.69) is 10.3 Å². The molecule has 2 aromatic carbocycles. The summed E-state index contributed by atoms with van der Waals surface area (Å²) in [7, 11) is 1.77. The van der Waals surface area contributed by atoms with Crippen LogP contribution in [0.5, 0.6) is 0 Å². The van der Waals surface area contributed by atoms with Gasteiger partial charge >= 0.3 is 18.2 Å². The Morgan fingerprint density at radius 2 is 1.73 bits per heavy atom. The van der Waals surface area contributed by atoms with E-state index in [0.29, 0.717) is 18.1 Å². The third kappa shape index (κ3) is 9.48. The van der Waals surface area contributed by atoms with Gasteiger partial charge in [0.1, 0.15) is 17.5 Å². The van der Waals surface area contributed by atoms with E-state index < -0.39 is 35.4 Å². The van der Waals surface area contributed by atoms with Crippen LogP contribution < -0.4 is 10.2 Å². The number of thioether (sulfide) groups is 1. The molecule has 0 bridgehead atoms. The number of ether oxygens (including phenoxy) is 1. The van der Waals surface area contributed by atoms with Crippen LogP contribution in [0.25, 0.3) is 11.1 Å². The molecular formula is C29H32F3N3O4S. The maximum absolute atomic E-state index is 12.8. The van der Waals surface area contributed by atoms with E-state index in [1.54, 1.807) is 32.7 Å². The lowest BCUT2D eigenvalue weighted by molar-refractivity contribution is -0.139. The second-order valence-electron chi connectivity index (χ2n) is 10.2. The average Bonchev–Trinajstić information content (AvgIpc) is 2.87. The van der Waals surface area contributed by atoms with E-state index in [9.17, 15) is 27.9 Å². The number of amides is 1. The number of alkyl halides is 3. The van der Waals surface area contributed by atoms with Crippen molar-refractivity contribution in [3.8, 4) is 11.1 Å². The van der Waals surface area contributed by atoms with Crippen LogP contribution in [-0.2, 0) is 28.0 Å². The summed E-state index contributed by atoms with van der Waals surface area (Å²) in [6.07, 6.45) is -4.36. The van der Waals surface area contributed by atoms with Crippen LogP contribution in [-0.4, -0.2) is 46.6 Å². The van der Waals surface area contributed by atoms with Crippen molar-refractivity contribution in [2.24, 2.45) is 0 Å². The molecule has 0 aliphatic carbocycles. The van der Waals surface area contributed by atoms with Crippen molar-refractivity contribution in [2.75, 3.05) is 17.7 Å². The number of aliphatic carboxylic acids is 1. The van der Waals surface area contributed by atoms with Crippen molar-refractivity contribution in [3.05, 3.63) is 83.6 Å². The molecule has 0 aliphatic heterocycles. The van der Waals surface area contributed by atoms with Crippen molar-refractivity contribution < 1.29 is 32.6 Å². The zero-order chi connectivity index (χ0) is 29.5. The molecule has 3 aromatic rings. The molecule has 0 fully saturated rings. The molecule has 0 saturated heterocycles. The summed E-state index contributed by atoms with van der Waals surface area (Å²) in [5.74, 6) is 0.0464. The van der Waals surface area contributed by atoms with E-state index in [1.165, 1.54) is 17.8 Å². The Hall–Kier alpha value is -3.73. The Labute approximate surface area is 235 Å². The van der Waals surface area contributed by atoms with Crippen LogP contribution in [0.2, 0.25) is 0 Å². The number of pyridine rings is 1. The number of hydrogen-bond acceptors (Lipinski definition) is 6. The number of carboxylic acid groups (broad SMARTS) is 1. The quantitative estimate of drug-likeness (QED) is 0.281. The predicted octanol–water partition coefficient (Wildman–Crippen LogP) is 6.61. The number of carbonyl (C=O) groups is 2. The average molecular weight is 576 g/mol. The fourth-order valence-corrected chi connectivity index (χ4v) is 4.70.